The topological polar surface area (TPSA) is 67.4 Å². The van der Waals surface area contributed by atoms with Gasteiger partial charge in [-0.1, -0.05) is 12.1 Å². The van der Waals surface area contributed by atoms with Gasteiger partial charge in [0.1, 0.15) is 4.90 Å². The van der Waals surface area contributed by atoms with Gasteiger partial charge in [-0.15, -0.1) is 0 Å². The maximum absolute atomic E-state index is 11.9. The summed E-state index contributed by atoms with van der Waals surface area (Å²) in [4.78, 5) is 0.286. The minimum Gasteiger partial charge on any atom is -0.384 e. The second-order valence-electron chi connectivity index (χ2n) is 4.67. The number of ether oxygens (including phenoxy) is 1. The SMILES string of the molecule is CNS(=O)(=O)c1ccccc1NCC1CCCOC1. The summed E-state index contributed by atoms with van der Waals surface area (Å²) in [6.45, 7) is 2.31. The van der Waals surface area contributed by atoms with Crippen LogP contribution in [0.2, 0.25) is 0 Å². The Morgan fingerprint density at radius 3 is 2.84 bits per heavy atom. The first-order chi connectivity index (χ1) is 9.13. The van der Waals surface area contributed by atoms with Crippen molar-refractivity contribution < 1.29 is 13.2 Å². The average molecular weight is 284 g/mol. The normalized spacial score (nSPS) is 20.2. The average Bonchev–Trinajstić information content (AvgIpc) is 2.46. The van der Waals surface area contributed by atoms with Gasteiger partial charge in [0, 0.05) is 13.2 Å². The summed E-state index contributed by atoms with van der Waals surface area (Å²) in [5, 5.41) is 3.22. The molecule has 1 saturated heterocycles. The molecule has 1 aromatic rings. The highest BCUT2D eigenvalue weighted by atomic mass is 32.2. The van der Waals surface area contributed by atoms with E-state index in [9.17, 15) is 8.42 Å². The molecule has 2 N–H and O–H groups in total. The molecule has 1 aromatic carbocycles. The highest BCUT2D eigenvalue weighted by Gasteiger charge is 2.18. The van der Waals surface area contributed by atoms with Gasteiger partial charge in [0.2, 0.25) is 10.0 Å². The van der Waals surface area contributed by atoms with Crippen LogP contribution in [0, 0.1) is 5.92 Å². The number of nitrogens with one attached hydrogen (secondary N) is 2. The Morgan fingerprint density at radius 1 is 1.37 bits per heavy atom. The molecule has 0 saturated carbocycles. The van der Waals surface area contributed by atoms with Crippen molar-refractivity contribution in [3.8, 4) is 0 Å². The van der Waals surface area contributed by atoms with Gasteiger partial charge in [0.05, 0.1) is 12.3 Å². The number of sulfonamides is 1. The van der Waals surface area contributed by atoms with Gasteiger partial charge in [-0.2, -0.15) is 0 Å². The van der Waals surface area contributed by atoms with Crippen molar-refractivity contribution in [3.05, 3.63) is 24.3 Å². The Morgan fingerprint density at radius 2 is 2.16 bits per heavy atom. The second kappa shape index (κ2) is 6.36. The van der Waals surface area contributed by atoms with Crippen LogP contribution in [0.25, 0.3) is 0 Å². The summed E-state index contributed by atoms with van der Waals surface area (Å²) >= 11 is 0. The summed E-state index contributed by atoms with van der Waals surface area (Å²) in [6.07, 6.45) is 2.19. The third-order valence-electron chi connectivity index (χ3n) is 3.28. The van der Waals surface area contributed by atoms with Crippen molar-refractivity contribution in [1.29, 1.82) is 0 Å². The van der Waals surface area contributed by atoms with Crippen LogP contribution in [0.1, 0.15) is 12.8 Å². The van der Waals surface area contributed by atoms with E-state index in [2.05, 4.69) is 10.0 Å². The zero-order chi connectivity index (χ0) is 13.7. The minimum absolute atomic E-state index is 0.286. The number of hydrogen-bond acceptors (Lipinski definition) is 4. The fourth-order valence-corrected chi connectivity index (χ4v) is 3.09. The van der Waals surface area contributed by atoms with E-state index in [1.165, 1.54) is 7.05 Å². The van der Waals surface area contributed by atoms with E-state index >= 15 is 0 Å². The van der Waals surface area contributed by atoms with Gasteiger partial charge in [-0.25, -0.2) is 13.1 Å². The summed E-state index contributed by atoms with van der Waals surface area (Å²) in [6, 6.07) is 6.94. The number of anilines is 1. The molecule has 19 heavy (non-hydrogen) atoms. The van der Waals surface area contributed by atoms with Gasteiger partial charge < -0.3 is 10.1 Å². The van der Waals surface area contributed by atoms with Crippen LogP contribution >= 0.6 is 0 Å². The molecule has 0 amide bonds. The maximum Gasteiger partial charge on any atom is 0.242 e. The minimum atomic E-state index is -3.43. The largest absolute Gasteiger partial charge is 0.384 e. The lowest BCUT2D eigenvalue weighted by Gasteiger charge is -2.23. The third kappa shape index (κ3) is 3.68. The zero-order valence-electron chi connectivity index (χ0n) is 11.1. The van der Waals surface area contributed by atoms with Crippen LogP contribution in [-0.2, 0) is 14.8 Å². The van der Waals surface area contributed by atoms with Crippen LogP contribution in [0.5, 0.6) is 0 Å². The van der Waals surface area contributed by atoms with E-state index in [4.69, 9.17) is 4.74 Å². The molecule has 1 aliphatic heterocycles. The van der Waals surface area contributed by atoms with E-state index in [1.54, 1.807) is 18.2 Å². The van der Waals surface area contributed by atoms with Crippen molar-refractivity contribution in [2.45, 2.75) is 17.7 Å². The Hall–Kier alpha value is -1.11. The Kier molecular flexibility index (Phi) is 4.79. The molecular weight excluding hydrogens is 264 g/mol. The number of hydrogen-bond donors (Lipinski definition) is 2. The number of benzene rings is 1. The molecule has 5 nitrogen and oxygen atoms in total. The summed E-state index contributed by atoms with van der Waals surface area (Å²) < 4.78 is 31.6. The predicted octanol–water partition coefficient (Wildman–Crippen LogP) is 1.43. The fourth-order valence-electron chi connectivity index (χ4n) is 2.18. The van der Waals surface area contributed by atoms with Crippen molar-refractivity contribution in [2.24, 2.45) is 5.92 Å². The molecular formula is C13H20N2O3S. The van der Waals surface area contributed by atoms with Crippen molar-refractivity contribution in [2.75, 3.05) is 32.1 Å². The molecule has 0 aromatic heterocycles. The van der Waals surface area contributed by atoms with Crippen LogP contribution in [0.15, 0.2) is 29.2 Å². The molecule has 1 fully saturated rings. The first-order valence-corrected chi connectivity index (χ1v) is 7.96. The first kappa shape index (κ1) is 14.3. The van der Waals surface area contributed by atoms with Crippen LogP contribution in [0.4, 0.5) is 5.69 Å². The molecule has 1 unspecified atom stereocenters. The van der Waals surface area contributed by atoms with Gasteiger partial charge in [0.15, 0.2) is 0 Å². The van der Waals surface area contributed by atoms with Crippen molar-refractivity contribution >= 4 is 15.7 Å². The Bertz CT molecular complexity index is 510. The Balaban J connectivity index is 2.07. The van der Waals surface area contributed by atoms with E-state index in [0.29, 0.717) is 11.6 Å². The molecule has 1 aliphatic rings. The maximum atomic E-state index is 11.9. The summed E-state index contributed by atoms with van der Waals surface area (Å²) in [7, 11) is -2.01. The first-order valence-electron chi connectivity index (χ1n) is 6.47. The zero-order valence-corrected chi connectivity index (χ0v) is 11.9. The predicted molar refractivity (Wildman–Crippen MR) is 74.7 cm³/mol. The second-order valence-corrected chi connectivity index (χ2v) is 6.52. The molecule has 1 heterocycles. The lowest BCUT2D eigenvalue weighted by molar-refractivity contribution is 0.0595. The number of rotatable bonds is 5. The fraction of sp³-hybridized carbons (Fsp3) is 0.538. The van der Waals surface area contributed by atoms with Crippen LogP contribution in [-0.4, -0.2) is 35.2 Å². The Labute approximate surface area is 114 Å². The molecule has 6 heteroatoms. The molecule has 2 rings (SSSR count). The van der Waals surface area contributed by atoms with E-state index in [0.717, 1.165) is 32.6 Å². The lowest BCUT2D eigenvalue weighted by atomic mass is 10.0. The van der Waals surface area contributed by atoms with Gasteiger partial charge in [-0.3, -0.25) is 0 Å². The molecule has 0 bridgehead atoms. The van der Waals surface area contributed by atoms with Crippen molar-refractivity contribution in [1.82, 2.24) is 4.72 Å². The molecule has 106 valence electrons. The smallest absolute Gasteiger partial charge is 0.242 e. The van der Waals surface area contributed by atoms with Crippen molar-refractivity contribution in [3.63, 3.8) is 0 Å². The van der Waals surface area contributed by atoms with Gasteiger partial charge >= 0.3 is 0 Å². The third-order valence-corrected chi connectivity index (χ3v) is 4.75. The standard InChI is InChI=1S/C13H20N2O3S/c1-14-19(16,17)13-7-3-2-6-12(13)15-9-11-5-4-8-18-10-11/h2-3,6-7,11,14-15H,4-5,8-10H2,1H3. The molecule has 0 spiro atoms. The molecule has 0 aliphatic carbocycles. The van der Waals surface area contributed by atoms with Gasteiger partial charge in [0.25, 0.3) is 0 Å². The van der Waals surface area contributed by atoms with E-state index in [1.807, 2.05) is 6.07 Å². The van der Waals surface area contributed by atoms with E-state index < -0.39 is 10.0 Å². The lowest BCUT2D eigenvalue weighted by Crippen LogP contribution is -2.25. The molecule has 1 atom stereocenters. The summed E-state index contributed by atoms with van der Waals surface area (Å²) in [5.74, 6) is 0.444. The monoisotopic (exact) mass is 284 g/mol. The van der Waals surface area contributed by atoms with E-state index in [-0.39, 0.29) is 4.90 Å². The highest BCUT2D eigenvalue weighted by Crippen LogP contribution is 2.22. The molecule has 0 radical (unpaired) electrons. The summed E-state index contributed by atoms with van der Waals surface area (Å²) in [5.41, 5.74) is 0.641. The van der Waals surface area contributed by atoms with Gasteiger partial charge in [-0.05, 0) is 37.9 Å². The van der Waals surface area contributed by atoms with Crippen LogP contribution < -0.4 is 10.0 Å². The quantitative estimate of drug-likeness (QED) is 0.858. The highest BCUT2D eigenvalue weighted by molar-refractivity contribution is 7.89. The van der Waals surface area contributed by atoms with Crippen LogP contribution in [0.3, 0.4) is 0 Å². The number of para-hydroxylation sites is 1.